The highest BCUT2D eigenvalue weighted by molar-refractivity contribution is 5.34. The monoisotopic (exact) mass is 209 g/mol. The maximum Gasteiger partial charge on any atom is 0.269 e. The predicted molar refractivity (Wildman–Crippen MR) is 52.6 cm³/mol. The molecule has 0 spiro atoms. The van der Waals surface area contributed by atoms with Gasteiger partial charge in [0.05, 0.1) is 18.1 Å². The molecule has 0 aromatic heterocycles. The summed E-state index contributed by atoms with van der Waals surface area (Å²) in [6, 6.07) is 6.51. The predicted octanol–water partition coefficient (Wildman–Crippen LogP) is 1.68. The minimum Gasteiger partial charge on any atom is -0.355 e. The van der Waals surface area contributed by atoms with Gasteiger partial charge >= 0.3 is 0 Å². The number of non-ortho nitro benzene ring substituents is 1. The van der Waals surface area contributed by atoms with Crippen molar-refractivity contribution in [2.75, 3.05) is 20.0 Å². The number of nitro benzene ring substituents is 1. The van der Waals surface area contributed by atoms with Gasteiger partial charge in [0.2, 0.25) is 0 Å². The molecule has 1 saturated heterocycles. The van der Waals surface area contributed by atoms with Crippen molar-refractivity contribution >= 4 is 5.69 Å². The summed E-state index contributed by atoms with van der Waals surface area (Å²) in [5, 5.41) is 10.4. The molecular weight excluding hydrogens is 198 g/mol. The molecule has 1 aliphatic rings. The number of nitrogens with zero attached hydrogens (tertiary/aromatic N) is 1. The van der Waals surface area contributed by atoms with Crippen LogP contribution in [0.5, 0.6) is 0 Å². The van der Waals surface area contributed by atoms with Crippen LogP contribution in [0.2, 0.25) is 0 Å². The minimum absolute atomic E-state index is 0.108. The zero-order chi connectivity index (χ0) is 10.7. The summed E-state index contributed by atoms with van der Waals surface area (Å²) >= 11 is 0. The highest BCUT2D eigenvalue weighted by Gasteiger charge is 2.17. The van der Waals surface area contributed by atoms with E-state index in [4.69, 9.17) is 9.47 Å². The van der Waals surface area contributed by atoms with Crippen LogP contribution in [0.4, 0.5) is 5.69 Å². The Bertz CT molecular complexity index is 343. The van der Waals surface area contributed by atoms with Crippen LogP contribution < -0.4 is 0 Å². The van der Waals surface area contributed by atoms with Crippen LogP contribution in [0.1, 0.15) is 11.5 Å². The van der Waals surface area contributed by atoms with Crippen LogP contribution in [-0.2, 0) is 9.47 Å². The zero-order valence-electron chi connectivity index (χ0n) is 8.09. The molecule has 0 unspecified atom stereocenters. The van der Waals surface area contributed by atoms with E-state index in [1.54, 1.807) is 12.1 Å². The first-order valence-electron chi connectivity index (χ1n) is 4.67. The average Bonchev–Trinajstić information content (AvgIpc) is 2.30. The lowest BCUT2D eigenvalue weighted by atomic mass is 10.0. The Morgan fingerprint density at radius 3 is 2.33 bits per heavy atom. The van der Waals surface area contributed by atoms with Crippen LogP contribution >= 0.6 is 0 Å². The first kappa shape index (κ1) is 10.1. The van der Waals surface area contributed by atoms with Gasteiger partial charge in [0, 0.05) is 18.1 Å². The molecule has 1 heterocycles. The maximum atomic E-state index is 10.4. The largest absolute Gasteiger partial charge is 0.355 e. The van der Waals surface area contributed by atoms with E-state index < -0.39 is 4.92 Å². The molecule has 0 radical (unpaired) electrons. The van der Waals surface area contributed by atoms with Crippen LogP contribution in [-0.4, -0.2) is 24.9 Å². The van der Waals surface area contributed by atoms with Crippen LogP contribution in [0.15, 0.2) is 24.3 Å². The molecule has 5 nitrogen and oxygen atoms in total. The fourth-order valence-electron chi connectivity index (χ4n) is 1.55. The van der Waals surface area contributed by atoms with E-state index in [0.29, 0.717) is 20.0 Å². The third-order valence-corrected chi connectivity index (χ3v) is 2.38. The van der Waals surface area contributed by atoms with E-state index in [0.717, 1.165) is 5.56 Å². The molecule has 0 aliphatic carbocycles. The van der Waals surface area contributed by atoms with Gasteiger partial charge in [-0.15, -0.1) is 0 Å². The van der Waals surface area contributed by atoms with Crippen molar-refractivity contribution in [3.63, 3.8) is 0 Å². The Balaban J connectivity index is 2.11. The highest BCUT2D eigenvalue weighted by Crippen LogP contribution is 2.22. The molecule has 80 valence electrons. The number of hydrogen-bond acceptors (Lipinski definition) is 4. The number of rotatable bonds is 2. The fraction of sp³-hybridized carbons (Fsp3) is 0.400. The van der Waals surface area contributed by atoms with Crippen molar-refractivity contribution in [2.45, 2.75) is 5.92 Å². The molecule has 1 fully saturated rings. The third-order valence-electron chi connectivity index (χ3n) is 2.38. The second-order valence-electron chi connectivity index (χ2n) is 3.40. The molecule has 0 N–H and O–H groups in total. The summed E-state index contributed by atoms with van der Waals surface area (Å²) in [7, 11) is 0. The minimum atomic E-state index is -0.405. The number of ether oxygens (including phenoxy) is 2. The lowest BCUT2D eigenvalue weighted by Gasteiger charge is -2.22. The highest BCUT2D eigenvalue weighted by atomic mass is 16.7. The molecule has 2 rings (SSSR count). The summed E-state index contributed by atoms with van der Waals surface area (Å²) in [5.41, 5.74) is 1.12. The van der Waals surface area contributed by atoms with Crippen molar-refractivity contribution in [3.8, 4) is 0 Å². The Morgan fingerprint density at radius 2 is 1.80 bits per heavy atom. The number of nitro groups is 1. The van der Waals surface area contributed by atoms with Crippen molar-refractivity contribution in [3.05, 3.63) is 39.9 Å². The average molecular weight is 209 g/mol. The smallest absolute Gasteiger partial charge is 0.269 e. The van der Waals surface area contributed by atoms with Gasteiger partial charge in [0.1, 0.15) is 6.79 Å². The lowest BCUT2D eigenvalue weighted by molar-refractivity contribution is -0.384. The van der Waals surface area contributed by atoms with Gasteiger partial charge in [-0.2, -0.15) is 0 Å². The first-order chi connectivity index (χ1) is 7.27. The quantitative estimate of drug-likeness (QED) is 0.549. The van der Waals surface area contributed by atoms with Crippen molar-refractivity contribution in [1.82, 2.24) is 0 Å². The van der Waals surface area contributed by atoms with Gasteiger partial charge in [0.15, 0.2) is 0 Å². The van der Waals surface area contributed by atoms with Crippen LogP contribution in [0, 0.1) is 10.1 Å². The van der Waals surface area contributed by atoms with Crippen LogP contribution in [0.3, 0.4) is 0 Å². The van der Waals surface area contributed by atoms with E-state index in [2.05, 4.69) is 0 Å². The standard InChI is InChI=1S/C10H11NO4/c12-11(13)10-3-1-8(2-4-10)9-5-14-7-15-6-9/h1-4,9H,5-7H2. The molecule has 1 aromatic carbocycles. The van der Waals surface area contributed by atoms with Gasteiger partial charge in [0.25, 0.3) is 5.69 Å². The summed E-state index contributed by atoms with van der Waals surface area (Å²) in [6.07, 6.45) is 0. The maximum absolute atomic E-state index is 10.4. The van der Waals surface area contributed by atoms with E-state index in [9.17, 15) is 10.1 Å². The normalized spacial score (nSPS) is 17.6. The SMILES string of the molecule is O=[N+]([O-])c1ccc(C2COCOC2)cc1. The molecular formula is C10H11NO4. The Labute approximate surface area is 86.8 Å². The summed E-state index contributed by atoms with van der Waals surface area (Å²) in [6.45, 7) is 1.55. The molecule has 0 saturated carbocycles. The van der Waals surface area contributed by atoms with Gasteiger partial charge in [-0.1, -0.05) is 12.1 Å². The zero-order valence-corrected chi connectivity index (χ0v) is 8.09. The van der Waals surface area contributed by atoms with Gasteiger partial charge in [-0.3, -0.25) is 10.1 Å². The third kappa shape index (κ3) is 2.31. The second-order valence-corrected chi connectivity index (χ2v) is 3.40. The van der Waals surface area contributed by atoms with E-state index >= 15 is 0 Å². The fourth-order valence-corrected chi connectivity index (χ4v) is 1.55. The Kier molecular flexibility index (Phi) is 2.94. The van der Waals surface area contributed by atoms with Gasteiger partial charge in [-0.25, -0.2) is 0 Å². The van der Waals surface area contributed by atoms with Crippen LogP contribution in [0.25, 0.3) is 0 Å². The number of benzene rings is 1. The Hall–Kier alpha value is -1.46. The van der Waals surface area contributed by atoms with E-state index in [1.165, 1.54) is 12.1 Å². The van der Waals surface area contributed by atoms with Crippen molar-refractivity contribution < 1.29 is 14.4 Å². The summed E-state index contributed by atoms with van der Waals surface area (Å²) < 4.78 is 10.3. The molecule has 0 atom stereocenters. The van der Waals surface area contributed by atoms with Crippen molar-refractivity contribution in [1.29, 1.82) is 0 Å². The van der Waals surface area contributed by atoms with E-state index in [-0.39, 0.29) is 11.6 Å². The summed E-state index contributed by atoms with van der Waals surface area (Å²) in [5.74, 6) is 0.180. The topological polar surface area (TPSA) is 61.6 Å². The second kappa shape index (κ2) is 4.37. The van der Waals surface area contributed by atoms with Gasteiger partial charge in [-0.05, 0) is 5.56 Å². The molecule has 0 bridgehead atoms. The van der Waals surface area contributed by atoms with Gasteiger partial charge < -0.3 is 9.47 Å². The molecule has 0 amide bonds. The molecule has 5 heteroatoms. The van der Waals surface area contributed by atoms with E-state index in [1.807, 2.05) is 0 Å². The van der Waals surface area contributed by atoms with Crippen molar-refractivity contribution in [2.24, 2.45) is 0 Å². The Morgan fingerprint density at radius 1 is 1.20 bits per heavy atom. The summed E-state index contributed by atoms with van der Waals surface area (Å²) in [4.78, 5) is 10.0. The molecule has 1 aromatic rings. The molecule has 15 heavy (non-hydrogen) atoms. The first-order valence-corrected chi connectivity index (χ1v) is 4.67. The number of hydrogen-bond donors (Lipinski definition) is 0. The molecule has 1 aliphatic heterocycles. The lowest BCUT2D eigenvalue weighted by Crippen LogP contribution is -2.22.